The summed E-state index contributed by atoms with van der Waals surface area (Å²) in [6, 6.07) is 25.0. The fourth-order valence-electron chi connectivity index (χ4n) is 8.55. The molecule has 0 aliphatic carbocycles. The van der Waals surface area contributed by atoms with Crippen LogP contribution in [0.1, 0.15) is 22.3 Å². The van der Waals surface area contributed by atoms with Gasteiger partial charge in [-0.15, -0.1) is 20.4 Å². The van der Waals surface area contributed by atoms with E-state index in [2.05, 4.69) is 25.8 Å². The van der Waals surface area contributed by atoms with Gasteiger partial charge in [0.2, 0.25) is 0 Å². The first kappa shape index (κ1) is 76.9. The average Bonchev–Trinajstić information content (AvgIpc) is 1.71. The first-order chi connectivity index (χ1) is 37.8. The molecule has 0 fully saturated rings. The first-order valence-electron chi connectivity index (χ1n) is 22.3. The van der Waals surface area contributed by atoms with E-state index in [9.17, 15) is 82.7 Å². The first-order valence-corrected chi connectivity index (χ1v) is 30.7. The van der Waals surface area contributed by atoms with Crippen LogP contribution in [0.15, 0.2) is 163 Å². The van der Waals surface area contributed by atoms with E-state index in [0.29, 0.717) is 12.1 Å². The maximum Gasteiger partial charge on any atom is 1.00 e. The summed E-state index contributed by atoms with van der Waals surface area (Å²) < 4.78 is 223. The second kappa shape index (κ2) is 29.2. The molecule has 0 bridgehead atoms. The van der Waals surface area contributed by atoms with Crippen LogP contribution in [0.2, 0.25) is 0 Å². The maximum atomic E-state index is 13.5. The third kappa shape index (κ3) is 16.8. The smallest absolute Gasteiger partial charge is 0.744 e. The Hall–Kier alpha value is -2.58. The Morgan fingerprint density at radius 3 is 1.08 bits per heavy atom. The number of rotatable bonds is 15. The summed E-state index contributed by atoms with van der Waals surface area (Å²) >= 11 is 0. The van der Waals surface area contributed by atoms with Gasteiger partial charge in [-0.2, -0.15) is 9.59 Å². The van der Waals surface area contributed by atoms with Gasteiger partial charge in [0.1, 0.15) is 82.8 Å². The zero-order valence-electron chi connectivity index (χ0n) is 45.8. The number of nitroso groups, excluding NO2 is 1. The third-order valence-electron chi connectivity index (χ3n) is 12.1. The van der Waals surface area contributed by atoms with Gasteiger partial charge in [-0.25, -0.2) is 50.5 Å². The molecule has 8 aromatic carbocycles. The van der Waals surface area contributed by atoms with Gasteiger partial charge >= 0.3 is 177 Å². The summed E-state index contributed by atoms with van der Waals surface area (Å²) in [5.41, 5.74) is 0.704. The van der Waals surface area contributed by atoms with Crippen LogP contribution in [0.4, 0.5) is 11.4 Å². The molecule has 0 aliphatic heterocycles. The van der Waals surface area contributed by atoms with Crippen LogP contribution in [0.3, 0.4) is 0 Å². The van der Waals surface area contributed by atoms with Gasteiger partial charge in [0.05, 0.1) is 40.7 Å². The fourth-order valence-corrected chi connectivity index (χ4v) is 12.7. The Morgan fingerprint density at radius 1 is 0.356 bits per heavy atom. The van der Waals surface area contributed by atoms with Crippen molar-refractivity contribution in [1.82, 2.24) is 30.0 Å². The molecule has 10 rings (SSSR count). The number of hydrogen-bond acceptors (Lipinski definition) is 23. The molecule has 0 spiro atoms. The molecule has 0 N–H and O–H groups in total. The Bertz CT molecular complexity index is 5210. The van der Waals surface area contributed by atoms with Crippen molar-refractivity contribution in [2.45, 2.75) is 29.4 Å². The van der Waals surface area contributed by atoms with Crippen molar-refractivity contribution in [3.05, 3.63) is 166 Å². The molecule has 0 radical (unpaired) electrons. The van der Waals surface area contributed by atoms with E-state index in [1.54, 1.807) is 6.07 Å². The van der Waals surface area contributed by atoms with E-state index in [4.69, 9.17) is 0 Å². The van der Waals surface area contributed by atoms with Gasteiger partial charge in [0.15, 0.2) is 0 Å². The zero-order valence-corrected chi connectivity index (χ0v) is 62.7. The topological polar surface area (TPSA) is 439 Å². The second-order valence-corrected chi connectivity index (χ2v) is 25.3. The molecule has 0 amide bonds. The minimum atomic E-state index is -5.45. The van der Waals surface area contributed by atoms with Gasteiger partial charge in [0, 0.05) is 43.5 Å². The van der Waals surface area contributed by atoms with Crippen molar-refractivity contribution in [3.63, 3.8) is 0 Å². The molecular formula is C48H26N8Na6O19S6. The molecule has 2 heterocycles. The predicted octanol–water partition coefficient (Wildman–Crippen LogP) is -12.7. The van der Waals surface area contributed by atoms with Crippen molar-refractivity contribution in [2.24, 2.45) is 0 Å². The summed E-state index contributed by atoms with van der Waals surface area (Å²) in [5, 5.41) is 17.4. The Morgan fingerprint density at radius 2 is 0.701 bits per heavy atom. The monoisotopic (exact) mass is 1350 g/mol. The van der Waals surface area contributed by atoms with Crippen molar-refractivity contribution >= 4 is 140 Å². The number of benzene rings is 8. The Labute approximate surface area is 627 Å². The summed E-state index contributed by atoms with van der Waals surface area (Å²) in [6.07, 6.45) is 3.69. The molecular weight excluding hydrogens is 1320 g/mol. The summed E-state index contributed by atoms with van der Waals surface area (Å²) in [4.78, 5) is 10.1. The van der Waals surface area contributed by atoms with Crippen LogP contribution in [-0.2, 0) is 60.7 Å². The Kier molecular flexibility index (Phi) is 25.8. The number of nitrogens with zero attached hydrogens (tertiary/aromatic N) is 8. The van der Waals surface area contributed by atoms with Crippen molar-refractivity contribution in [3.8, 4) is 11.4 Å². The van der Waals surface area contributed by atoms with Gasteiger partial charge in [-0.3, -0.25) is 0 Å². The molecule has 0 saturated carbocycles. The van der Waals surface area contributed by atoms with E-state index < -0.39 is 118 Å². The van der Waals surface area contributed by atoms with E-state index in [1.165, 1.54) is 54.6 Å². The molecule has 0 saturated heterocycles. The van der Waals surface area contributed by atoms with Crippen LogP contribution in [0.5, 0.6) is 0 Å². The summed E-state index contributed by atoms with van der Waals surface area (Å²) in [6.45, 7) is 0. The normalized spacial score (nSPS) is 12.2. The van der Waals surface area contributed by atoms with Crippen LogP contribution in [0, 0.1) is 4.91 Å². The van der Waals surface area contributed by atoms with Crippen molar-refractivity contribution in [2.75, 3.05) is 0 Å². The van der Waals surface area contributed by atoms with E-state index in [1.807, 2.05) is 0 Å². The van der Waals surface area contributed by atoms with E-state index >= 15 is 0 Å². The van der Waals surface area contributed by atoms with E-state index in [-0.39, 0.29) is 243 Å². The van der Waals surface area contributed by atoms with Crippen LogP contribution >= 0.6 is 0 Å². The minimum Gasteiger partial charge on any atom is -0.744 e. The molecule has 414 valence electrons. The van der Waals surface area contributed by atoms with Crippen molar-refractivity contribution in [1.29, 1.82) is 0 Å². The molecule has 27 nitrogen and oxygen atoms in total. The van der Waals surface area contributed by atoms with Gasteiger partial charge in [0.25, 0.3) is 5.69 Å². The number of hydrogen-bond donors (Lipinski definition) is 0. The standard InChI is InChI=1S/C48H32N8O19S6.6Na/c57-56(34-19-20-41(76(58,59)60)30(21-34)12-11-29-15-18-33(24-44(29)79(67,68)69)55-51-40-26-46(81(73,74)75)36-6-2-4-8-38(36)48(40)53-55)49-31-16-13-27(42(22-31)77(61,62)63)9-10-28-14-17-32(23-43(28)78(64,65)66)54-50-39-25-45(80(70,71)72)35-5-1-3-7-37(35)47(39)52-54;;;;;;/h1-26H,(H,58,59,60)(H,61,62,63)(H,64,65,66)(H,67,68,69)(H,70,71,72)(H,73,74,75);;;;;;/q;6*+1/p-6/b10-9?,12-11+,56-49?;;;;;;. The number of fused-ring (bicyclic) bond motifs is 6. The summed E-state index contributed by atoms with van der Waals surface area (Å²) in [5.74, 6) is 0. The molecule has 10 aromatic rings. The zero-order chi connectivity index (χ0) is 58.4. The molecule has 87 heavy (non-hydrogen) atoms. The molecule has 0 aliphatic rings. The molecule has 2 aromatic heterocycles. The Balaban J connectivity index is 0.00000270. The average molecular weight is 1350 g/mol. The molecule has 0 atom stereocenters. The second-order valence-electron chi connectivity index (χ2n) is 17.2. The SMILES string of the molecule is O=[N+]([N-]c1ccc(C=Cc2ccc(-n3nc4cc(S(=O)(=O)[O-])c5ccccc5c4n3)cc2S(=O)(=O)[O-])c(S(=O)(=O)[O-])c1)c1ccc(S(=O)(=O)[O-])c(/C=C/c2ccc(-n3nc4cc(S(=O)(=O)[O-])c5ccccc5c4n3)cc2S(=O)(=O)[O-])c1.[Na+].[Na+].[Na+].[Na+].[Na+].[Na+]. The van der Waals surface area contributed by atoms with Gasteiger partial charge < -0.3 is 32.7 Å². The quantitative estimate of drug-likeness (QED) is 0.0302. The van der Waals surface area contributed by atoms with E-state index in [0.717, 1.165) is 94.6 Å². The van der Waals surface area contributed by atoms with Crippen LogP contribution < -0.4 is 177 Å². The summed E-state index contributed by atoms with van der Waals surface area (Å²) in [7, 11) is -31.6. The van der Waals surface area contributed by atoms with Gasteiger partial charge in [-0.1, -0.05) is 109 Å². The largest absolute Gasteiger partial charge is 1.00 e. The molecule has 0 unspecified atom stereocenters. The van der Waals surface area contributed by atoms with Gasteiger partial charge in [-0.05, 0) is 64.7 Å². The van der Waals surface area contributed by atoms with Crippen molar-refractivity contribution < 1.29 is 260 Å². The third-order valence-corrected chi connectivity index (χ3v) is 17.4. The predicted molar refractivity (Wildman–Crippen MR) is 278 cm³/mol. The fraction of sp³-hybridized carbons (Fsp3) is 0. The number of aromatic nitrogens is 6. The van der Waals surface area contributed by atoms with Crippen LogP contribution in [0.25, 0.3) is 84.7 Å². The van der Waals surface area contributed by atoms with Crippen LogP contribution in [-0.4, -0.2) is 113 Å². The minimum absolute atomic E-state index is 0. The maximum absolute atomic E-state index is 13.5. The molecule has 39 heteroatoms.